The predicted octanol–water partition coefficient (Wildman–Crippen LogP) is 1.33. The van der Waals surface area contributed by atoms with Crippen molar-refractivity contribution in [2.45, 2.75) is 18.8 Å². The van der Waals surface area contributed by atoms with Gasteiger partial charge >= 0.3 is 0 Å². The molecule has 0 radical (unpaired) electrons. The van der Waals surface area contributed by atoms with Gasteiger partial charge in [0.15, 0.2) is 5.82 Å². The Kier molecular flexibility index (Phi) is 2.83. The van der Waals surface area contributed by atoms with Crippen LogP contribution >= 0.6 is 0 Å². The van der Waals surface area contributed by atoms with Crippen molar-refractivity contribution in [3.63, 3.8) is 0 Å². The zero-order valence-electron chi connectivity index (χ0n) is 9.56. The Hall–Kier alpha value is -1.75. The van der Waals surface area contributed by atoms with Crippen molar-refractivity contribution >= 4 is 0 Å². The van der Waals surface area contributed by atoms with Gasteiger partial charge in [-0.2, -0.15) is 0 Å². The van der Waals surface area contributed by atoms with E-state index in [4.69, 9.17) is 0 Å². The molecule has 88 valence electrons. The number of tetrazole rings is 1. The van der Waals surface area contributed by atoms with E-state index in [9.17, 15) is 0 Å². The van der Waals surface area contributed by atoms with Gasteiger partial charge in [0.25, 0.3) is 0 Å². The number of nitrogens with one attached hydrogen (secondary N) is 2. The minimum Gasteiger partial charge on any atom is -0.317 e. The molecule has 3 rings (SSSR count). The predicted molar refractivity (Wildman–Crippen MR) is 64.5 cm³/mol. The summed E-state index contributed by atoms with van der Waals surface area (Å²) in [4.78, 5) is 0. The SMILES string of the molecule is c1cc(C2CCNCC2)ccc1-c1nnn[nH]1. The summed E-state index contributed by atoms with van der Waals surface area (Å²) in [6.45, 7) is 2.25. The van der Waals surface area contributed by atoms with Crippen molar-refractivity contribution < 1.29 is 0 Å². The molecule has 0 amide bonds. The second-order valence-electron chi connectivity index (χ2n) is 4.40. The topological polar surface area (TPSA) is 66.5 Å². The molecule has 0 spiro atoms. The Bertz CT molecular complexity index is 456. The number of nitrogens with zero attached hydrogens (tertiary/aromatic N) is 3. The third-order valence-electron chi connectivity index (χ3n) is 3.34. The molecular formula is C12H15N5. The Morgan fingerprint density at radius 1 is 1.06 bits per heavy atom. The van der Waals surface area contributed by atoms with E-state index in [1.807, 2.05) is 0 Å². The van der Waals surface area contributed by atoms with Gasteiger partial charge in [-0.3, -0.25) is 0 Å². The smallest absolute Gasteiger partial charge is 0.179 e. The molecule has 1 aliphatic rings. The van der Waals surface area contributed by atoms with Crippen molar-refractivity contribution in [2.24, 2.45) is 0 Å². The lowest BCUT2D eigenvalue weighted by Gasteiger charge is -2.22. The number of rotatable bonds is 2. The van der Waals surface area contributed by atoms with Crippen molar-refractivity contribution in [3.8, 4) is 11.4 Å². The Labute approximate surface area is 99.6 Å². The monoisotopic (exact) mass is 229 g/mol. The quantitative estimate of drug-likeness (QED) is 0.815. The number of hydrogen-bond acceptors (Lipinski definition) is 4. The van der Waals surface area contributed by atoms with Gasteiger partial charge in [0.2, 0.25) is 0 Å². The van der Waals surface area contributed by atoms with E-state index in [-0.39, 0.29) is 0 Å². The molecule has 2 N–H and O–H groups in total. The first-order valence-electron chi connectivity index (χ1n) is 5.98. The summed E-state index contributed by atoms with van der Waals surface area (Å²) in [6, 6.07) is 8.54. The van der Waals surface area contributed by atoms with Crippen LogP contribution in [0, 0.1) is 0 Å². The zero-order chi connectivity index (χ0) is 11.5. The van der Waals surface area contributed by atoms with Gasteiger partial charge in [0.1, 0.15) is 0 Å². The molecule has 1 aromatic heterocycles. The second-order valence-corrected chi connectivity index (χ2v) is 4.40. The molecule has 0 unspecified atom stereocenters. The highest BCUT2D eigenvalue weighted by molar-refractivity contribution is 5.54. The van der Waals surface area contributed by atoms with Crippen LogP contribution in [0.25, 0.3) is 11.4 Å². The van der Waals surface area contributed by atoms with Crippen LogP contribution in [0.5, 0.6) is 0 Å². The number of aromatic nitrogens is 4. The summed E-state index contributed by atoms with van der Waals surface area (Å²) < 4.78 is 0. The van der Waals surface area contributed by atoms with Crippen LogP contribution in [-0.4, -0.2) is 33.7 Å². The van der Waals surface area contributed by atoms with Gasteiger partial charge in [0, 0.05) is 5.56 Å². The third-order valence-corrected chi connectivity index (χ3v) is 3.34. The first-order valence-corrected chi connectivity index (χ1v) is 5.98. The van der Waals surface area contributed by atoms with Crippen LogP contribution in [0.3, 0.4) is 0 Å². The molecular weight excluding hydrogens is 214 g/mol. The molecule has 5 heteroatoms. The van der Waals surface area contributed by atoms with Crippen LogP contribution in [0.15, 0.2) is 24.3 Å². The maximum absolute atomic E-state index is 3.90. The summed E-state index contributed by atoms with van der Waals surface area (Å²) in [5, 5.41) is 17.2. The Morgan fingerprint density at radius 3 is 2.47 bits per heavy atom. The number of benzene rings is 1. The van der Waals surface area contributed by atoms with Gasteiger partial charge < -0.3 is 5.32 Å². The summed E-state index contributed by atoms with van der Waals surface area (Å²) in [6.07, 6.45) is 2.45. The maximum Gasteiger partial charge on any atom is 0.179 e. The van der Waals surface area contributed by atoms with Crippen molar-refractivity contribution in [1.82, 2.24) is 25.9 Å². The summed E-state index contributed by atoms with van der Waals surface area (Å²) >= 11 is 0. The minimum absolute atomic E-state index is 0.693. The minimum atomic E-state index is 0.693. The number of piperidine rings is 1. The van der Waals surface area contributed by atoms with E-state index in [0.717, 1.165) is 24.5 Å². The molecule has 2 aromatic rings. The van der Waals surface area contributed by atoms with Crippen molar-refractivity contribution in [3.05, 3.63) is 29.8 Å². The number of aromatic amines is 1. The van der Waals surface area contributed by atoms with E-state index in [2.05, 4.69) is 50.2 Å². The lowest BCUT2D eigenvalue weighted by Crippen LogP contribution is -2.26. The standard InChI is InChI=1S/C12H15N5/c1-3-11(12-14-16-17-15-12)4-2-9(1)10-5-7-13-8-6-10/h1-4,10,13H,5-8H2,(H,14,15,16,17). The lowest BCUT2D eigenvalue weighted by atomic mass is 9.90. The summed E-state index contributed by atoms with van der Waals surface area (Å²) in [7, 11) is 0. The molecule has 1 saturated heterocycles. The van der Waals surface area contributed by atoms with Crippen LogP contribution in [0.1, 0.15) is 24.3 Å². The van der Waals surface area contributed by atoms with E-state index in [0.29, 0.717) is 5.92 Å². The fourth-order valence-electron chi connectivity index (χ4n) is 2.35. The second kappa shape index (κ2) is 4.63. The number of H-pyrrole nitrogens is 1. The lowest BCUT2D eigenvalue weighted by molar-refractivity contribution is 0.460. The molecule has 1 aliphatic heterocycles. The van der Waals surface area contributed by atoms with Crippen LogP contribution in [0.4, 0.5) is 0 Å². The van der Waals surface area contributed by atoms with Gasteiger partial charge in [-0.05, 0) is 47.8 Å². The third kappa shape index (κ3) is 2.19. The molecule has 1 aromatic carbocycles. The van der Waals surface area contributed by atoms with Crippen LogP contribution in [0.2, 0.25) is 0 Å². The fourth-order valence-corrected chi connectivity index (χ4v) is 2.35. The molecule has 0 atom stereocenters. The van der Waals surface area contributed by atoms with Crippen LogP contribution < -0.4 is 5.32 Å². The van der Waals surface area contributed by atoms with Gasteiger partial charge in [-0.1, -0.05) is 24.3 Å². The molecule has 0 saturated carbocycles. The van der Waals surface area contributed by atoms with E-state index >= 15 is 0 Å². The number of hydrogen-bond donors (Lipinski definition) is 2. The zero-order valence-corrected chi connectivity index (χ0v) is 9.56. The van der Waals surface area contributed by atoms with Gasteiger partial charge in [0.05, 0.1) is 0 Å². The average Bonchev–Trinajstić information content (AvgIpc) is 2.94. The molecule has 0 bridgehead atoms. The van der Waals surface area contributed by atoms with Crippen LogP contribution in [-0.2, 0) is 0 Å². The first-order chi connectivity index (χ1) is 8.43. The van der Waals surface area contributed by atoms with E-state index < -0.39 is 0 Å². The summed E-state index contributed by atoms with van der Waals surface area (Å²) in [5.74, 6) is 1.42. The fraction of sp³-hybridized carbons (Fsp3) is 0.417. The largest absolute Gasteiger partial charge is 0.317 e. The highest BCUT2D eigenvalue weighted by Gasteiger charge is 2.15. The van der Waals surface area contributed by atoms with Gasteiger partial charge in [-0.15, -0.1) is 5.10 Å². The van der Waals surface area contributed by atoms with Gasteiger partial charge in [-0.25, -0.2) is 5.10 Å². The Morgan fingerprint density at radius 2 is 1.82 bits per heavy atom. The maximum atomic E-state index is 3.90. The van der Waals surface area contributed by atoms with E-state index in [1.54, 1.807) is 0 Å². The Balaban J connectivity index is 1.80. The molecule has 0 aliphatic carbocycles. The first kappa shape index (κ1) is 10.4. The average molecular weight is 229 g/mol. The van der Waals surface area contributed by atoms with Crippen molar-refractivity contribution in [2.75, 3.05) is 13.1 Å². The molecule has 17 heavy (non-hydrogen) atoms. The van der Waals surface area contributed by atoms with E-state index in [1.165, 1.54) is 18.4 Å². The molecule has 5 nitrogen and oxygen atoms in total. The summed E-state index contributed by atoms with van der Waals surface area (Å²) in [5.41, 5.74) is 2.45. The highest BCUT2D eigenvalue weighted by Crippen LogP contribution is 2.26. The molecule has 1 fully saturated rings. The van der Waals surface area contributed by atoms with Crippen molar-refractivity contribution in [1.29, 1.82) is 0 Å². The highest BCUT2D eigenvalue weighted by atomic mass is 15.5. The normalized spacial score (nSPS) is 17.2. The molecule has 2 heterocycles.